The second-order valence-corrected chi connectivity index (χ2v) is 6.48. The summed E-state index contributed by atoms with van der Waals surface area (Å²) in [6, 6.07) is 0. The van der Waals surface area contributed by atoms with Gasteiger partial charge < -0.3 is 10.1 Å². The number of hydrogen-bond donors (Lipinski definition) is 1. The first-order chi connectivity index (χ1) is 8.85. The predicted octanol–water partition coefficient (Wildman–Crippen LogP) is 2.76. The van der Waals surface area contributed by atoms with E-state index >= 15 is 0 Å². The molecule has 5 heteroatoms. The van der Waals surface area contributed by atoms with Gasteiger partial charge in [-0.25, -0.2) is 0 Å². The van der Waals surface area contributed by atoms with E-state index in [-0.39, 0.29) is 24.7 Å². The maximum absolute atomic E-state index is 11.5. The number of rotatable bonds is 9. The molecule has 0 aliphatic rings. The highest BCUT2D eigenvalue weighted by Gasteiger charge is 2.16. The lowest BCUT2D eigenvalue weighted by Crippen LogP contribution is -2.27. The lowest BCUT2D eigenvalue weighted by molar-refractivity contribution is -0.155. The van der Waals surface area contributed by atoms with E-state index in [1.807, 2.05) is 32.5 Å². The van der Waals surface area contributed by atoms with Crippen LogP contribution in [0, 0.1) is 0 Å². The summed E-state index contributed by atoms with van der Waals surface area (Å²) in [4.78, 5) is 22.9. The molecule has 0 saturated heterocycles. The quantitative estimate of drug-likeness (QED) is 0.524. The number of carbonyl (C=O) groups excluding carboxylic acids is 2. The summed E-state index contributed by atoms with van der Waals surface area (Å²) < 4.78 is 5.14. The number of ether oxygens (including phenoxy) is 1. The van der Waals surface area contributed by atoms with Gasteiger partial charge in [0.2, 0.25) is 5.91 Å². The molecule has 0 aliphatic heterocycles. The highest BCUT2D eigenvalue weighted by Crippen LogP contribution is 2.09. The zero-order chi connectivity index (χ0) is 14.7. The number of hydrogen-bond acceptors (Lipinski definition) is 4. The van der Waals surface area contributed by atoms with Crippen molar-refractivity contribution in [3.8, 4) is 0 Å². The predicted molar refractivity (Wildman–Crippen MR) is 80.3 cm³/mol. The van der Waals surface area contributed by atoms with Gasteiger partial charge in [-0.1, -0.05) is 6.42 Å². The summed E-state index contributed by atoms with van der Waals surface area (Å²) in [5.74, 6) is 0.783. The average Bonchev–Trinajstić information content (AvgIpc) is 2.29. The van der Waals surface area contributed by atoms with Crippen molar-refractivity contribution in [1.82, 2.24) is 5.32 Å². The van der Waals surface area contributed by atoms with Crippen LogP contribution in [-0.2, 0) is 14.3 Å². The summed E-state index contributed by atoms with van der Waals surface area (Å²) in [7, 11) is 0. The molecule has 0 aromatic rings. The van der Waals surface area contributed by atoms with Crippen molar-refractivity contribution < 1.29 is 14.3 Å². The van der Waals surface area contributed by atoms with Crippen molar-refractivity contribution in [3.63, 3.8) is 0 Å². The molecule has 0 aromatic carbocycles. The molecular formula is C14H27NO3S. The Hall–Kier alpha value is -0.710. The fourth-order valence-electron chi connectivity index (χ4n) is 1.47. The molecule has 1 amide bonds. The van der Waals surface area contributed by atoms with Gasteiger partial charge in [-0.05, 0) is 45.6 Å². The van der Waals surface area contributed by atoms with Crippen LogP contribution < -0.4 is 5.32 Å². The van der Waals surface area contributed by atoms with E-state index in [1.54, 1.807) is 0 Å². The second-order valence-electron chi connectivity index (χ2n) is 5.49. The third-order valence-corrected chi connectivity index (χ3v) is 3.02. The molecule has 112 valence electrons. The van der Waals surface area contributed by atoms with Gasteiger partial charge in [0.1, 0.15) is 5.60 Å². The van der Waals surface area contributed by atoms with Crippen LogP contribution in [0.5, 0.6) is 0 Å². The number of esters is 1. The molecule has 0 bridgehead atoms. The summed E-state index contributed by atoms with van der Waals surface area (Å²) in [5.41, 5.74) is -0.481. The molecule has 0 heterocycles. The first-order valence-corrected chi connectivity index (χ1v) is 8.22. The Balaban J connectivity index is 3.52. The summed E-state index contributed by atoms with van der Waals surface area (Å²) in [5, 5.41) is 2.82. The van der Waals surface area contributed by atoms with Crippen molar-refractivity contribution in [2.45, 2.75) is 58.5 Å². The van der Waals surface area contributed by atoms with Gasteiger partial charge in [-0.3, -0.25) is 9.59 Å². The topological polar surface area (TPSA) is 55.4 Å². The van der Waals surface area contributed by atoms with E-state index in [9.17, 15) is 9.59 Å². The first-order valence-electron chi connectivity index (χ1n) is 6.82. The molecule has 19 heavy (non-hydrogen) atoms. The number of nitrogens with one attached hydrogen (secondary N) is 1. The summed E-state index contributed by atoms with van der Waals surface area (Å²) in [6.07, 6.45) is 5.77. The zero-order valence-electron chi connectivity index (χ0n) is 12.6. The van der Waals surface area contributed by atoms with Gasteiger partial charge in [0, 0.05) is 13.0 Å². The van der Waals surface area contributed by atoms with Crippen molar-refractivity contribution in [3.05, 3.63) is 0 Å². The van der Waals surface area contributed by atoms with Crippen LogP contribution >= 0.6 is 11.8 Å². The fraction of sp³-hybridized carbons (Fsp3) is 0.857. The number of amides is 1. The first kappa shape index (κ1) is 18.3. The SMILES string of the molecule is CSCCCCCNC(=O)CCC(=O)OC(C)(C)C. The number of carbonyl (C=O) groups is 2. The van der Waals surface area contributed by atoms with Crippen LogP contribution in [0.15, 0.2) is 0 Å². The molecule has 1 N–H and O–H groups in total. The van der Waals surface area contributed by atoms with Gasteiger partial charge in [0.05, 0.1) is 6.42 Å². The monoisotopic (exact) mass is 289 g/mol. The van der Waals surface area contributed by atoms with E-state index in [4.69, 9.17) is 4.74 Å². The van der Waals surface area contributed by atoms with Gasteiger partial charge in [-0.2, -0.15) is 11.8 Å². The van der Waals surface area contributed by atoms with E-state index in [0.717, 1.165) is 12.8 Å². The number of unbranched alkanes of at least 4 members (excludes halogenated alkanes) is 2. The maximum Gasteiger partial charge on any atom is 0.306 e. The van der Waals surface area contributed by atoms with Crippen molar-refractivity contribution in [1.29, 1.82) is 0 Å². The third-order valence-electron chi connectivity index (χ3n) is 2.32. The van der Waals surface area contributed by atoms with Crippen molar-refractivity contribution >= 4 is 23.6 Å². The van der Waals surface area contributed by atoms with Gasteiger partial charge >= 0.3 is 5.97 Å². The Morgan fingerprint density at radius 1 is 1.11 bits per heavy atom. The van der Waals surface area contributed by atoms with E-state index in [0.29, 0.717) is 6.54 Å². The molecule has 0 saturated carbocycles. The Morgan fingerprint density at radius 2 is 1.79 bits per heavy atom. The molecule has 0 spiro atoms. The van der Waals surface area contributed by atoms with Crippen LogP contribution in [0.2, 0.25) is 0 Å². The molecular weight excluding hydrogens is 262 g/mol. The summed E-state index contributed by atoms with van der Waals surface area (Å²) in [6.45, 7) is 6.15. The van der Waals surface area contributed by atoms with Crippen LogP contribution in [0.3, 0.4) is 0 Å². The minimum atomic E-state index is -0.481. The van der Waals surface area contributed by atoms with E-state index in [1.165, 1.54) is 12.2 Å². The molecule has 0 radical (unpaired) electrons. The molecule has 0 aliphatic carbocycles. The van der Waals surface area contributed by atoms with Crippen LogP contribution in [0.1, 0.15) is 52.9 Å². The molecule has 4 nitrogen and oxygen atoms in total. The number of thioether (sulfide) groups is 1. The van der Waals surface area contributed by atoms with Gasteiger partial charge in [0.25, 0.3) is 0 Å². The Morgan fingerprint density at radius 3 is 2.37 bits per heavy atom. The third kappa shape index (κ3) is 13.5. The van der Waals surface area contributed by atoms with Crippen molar-refractivity contribution in [2.75, 3.05) is 18.6 Å². The largest absolute Gasteiger partial charge is 0.460 e. The normalized spacial score (nSPS) is 11.2. The molecule has 0 rings (SSSR count). The lowest BCUT2D eigenvalue weighted by atomic mass is 10.2. The molecule has 0 unspecified atom stereocenters. The second kappa shape index (κ2) is 10.1. The summed E-state index contributed by atoms with van der Waals surface area (Å²) >= 11 is 1.84. The molecule has 0 aromatic heterocycles. The van der Waals surface area contributed by atoms with E-state index in [2.05, 4.69) is 11.6 Å². The maximum atomic E-state index is 11.5. The van der Waals surface area contributed by atoms with Crippen LogP contribution in [0.25, 0.3) is 0 Å². The zero-order valence-corrected chi connectivity index (χ0v) is 13.4. The standard InChI is InChI=1S/C14H27NO3S/c1-14(2,3)18-13(17)9-8-12(16)15-10-6-5-7-11-19-4/h5-11H2,1-4H3,(H,15,16). The Kier molecular flexibility index (Phi) is 9.74. The van der Waals surface area contributed by atoms with Gasteiger partial charge in [-0.15, -0.1) is 0 Å². The Bertz CT molecular complexity index is 274. The fourth-order valence-corrected chi connectivity index (χ4v) is 1.97. The smallest absolute Gasteiger partial charge is 0.306 e. The van der Waals surface area contributed by atoms with E-state index < -0.39 is 5.60 Å². The average molecular weight is 289 g/mol. The van der Waals surface area contributed by atoms with Gasteiger partial charge in [0.15, 0.2) is 0 Å². The molecule has 0 fully saturated rings. The Labute approximate surface area is 121 Å². The van der Waals surface area contributed by atoms with Crippen LogP contribution in [-0.4, -0.2) is 36.0 Å². The minimum absolute atomic E-state index is 0.0734. The minimum Gasteiger partial charge on any atom is -0.460 e. The highest BCUT2D eigenvalue weighted by atomic mass is 32.2. The van der Waals surface area contributed by atoms with Crippen LogP contribution in [0.4, 0.5) is 0 Å². The lowest BCUT2D eigenvalue weighted by Gasteiger charge is -2.19. The molecule has 0 atom stereocenters. The highest BCUT2D eigenvalue weighted by molar-refractivity contribution is 7.98. The van der Waals surface area contributed by atoms with Crippen molar-refractivity contribution in [2.24, 2.45) is 0 Å².